The molecule has 1 saturated carbocycles. The van der Waals surface area contributed by atoms with Gasteiger partial charge in [0.1, 0.15) is 12.1 Å². The fourth-order valence-corrected chi connectivity index (χ4v) is 5.87. The highest BCUT2D eigenvalue weighted by molar-refractivity contribution is 7.13. The van der Waals surface area contributed by atoms with Crippen molar-refractivity contribution in [2.75, 3.05) is 57.9 Å². The van der Waals surface area contributed by atoms with Crippen molar-refractivity contribution in [2.24, 2.45) is 5.41 Å². The maximum Gasteiger partial charge on any atom is 0.188 e. The number of thiazole rings is 1. The average Bonchev–Trinajstić information content (AvgIpc) is 3.52. The molecular formula is C31H41ClFN5O4S. The van der Waals surface area contributed by atoms with Gasteiger partial charge in [-0.15, -0.1) is 11.3 Å². The number of benzene rings is 1. The second-order valence-corrected chi connectivity index (χ2v) is 11.9. The van der Waals surface area contributed by atoms with E-state index >= 15 is 0 Å². The zero-order chi connectivity index (χ0) is 30.2. The molecule has 0 bridgehead atoms. The second kappa shape index (κ2) is 18.2. The van der Waals surface area contributed by atoms with Gasteiger partial charge in [0, 0.05) is 49.9 Å². The zero-order valence-corrected chi connectivity index (χ0v) is 25.9. The molecule has 1 fully saturated rings. The number of carbonyl (C=O) groups is 1. The smallest absolute Gasteiger partial charge is 0.188 e. The number of carbonyl (C=O) groups excluding carboxylic acids is 1. The Morgan fingerprint density at radius 2 is 1.79 bits per heavy atom. The lowest BCUT2D eigenvalue weighted by Crippen LogP contribution is -2.42. The first-order valence-electron chi connectivity index (χ1n) is 14.8. The van der Waals surface area contributed by atoms with Crippen molar-refractivity contribution in [1.29, 1.82) is 0 Å². The fraction of sp³-hybridized carbons (Fsp3) is 0.516. The molecule has 0 atom stereocenters. The van der Waals surface area contributed by atoms with E-state index in [1.54, 1.807) is 18.3 Å². The number of ether oxygens (including phenoxy) is 3. The first-order valence-corrected chi connectivity index (χ1v) is 16.1. The van der Waals surface area contributed by atoms with E-state index in [2.05, 4.69) is 27.0 Å². The van der Waals surface area contributed by atoms with Crippen molar-refractivity contribution in [3.63, 3.8) is 0 Å². The Kier molecular flexibility index (Phi) is 14.1. The molecule has 0 aliphatic heterocycles. The van der Waals surface area contributed by atoms with Gasteiger partial charge in [-0.2, -0.15) is 0 Å². The molecule has 3 aromatic rings. The van der Waals surface area contributed by atoms with Gasteiger partial charge in [-0.1, -0.05) is 23.7 Å². The number of anilines is 2. The van der Waals surface area contributed by atoms with Gasteiger partial charge in [0.25, 0.3) is 0 Å². The van der Waals surface area contributed by atoms with Gasteiger partial charge in [-0.25, -0.2) is 14.4 Å². The number of halogens is 2. The van der Waals surface area contributed by atoms with Crippen LogP contribution in [0.2, 0.25) is 5.02 Å². The van der Waals surface area contributed by atoms with Crippen LogP contribution in [-0.2, 0) is 20.7 Å². The summed E-state index contributed by atoms with van der Waals surface area (Å²) >= 11 is 7.50. The van der Waals surface area contributed by atoms with E-state index in [0.717, 1.165) is 74.7 Å². The van der Waals surface area contributed by atoms with Crippen molar-refractivity contribution in [1.82, 2.24) is 20.6 Å². The Hall–Kier alpha value is -2.67. The van der Waals surface area contributed by atoms with Crippen LogP contribution in [0.25, 0.3) is 0 Å². The number of aromatic nitrogens is 2. The third-order valence-corrected chi connectivity index (χ3v) is 8.37. The molecule has 0 radical (unpaired) electrons. The van der Waals surface area contributed by atoms with E-state index in [1.165, 1.54) is 17.4 Å². The SMILES string of the molecule is O=CCCNCCOCCOCCNCC1(Cc2cccc(Nc3nccs3)n2)CCC(Oc2cccc(Cl)c2F)CC1. The lowest BCUT2D eigenvalue weighted by atomic mass is 9.70. The van der Waals surface area contributed by atoms with E-state index in [-0.39, 0.29) is 22.3 Å². The fourth-order valence-electron chi connectivity index (χ4n) is 5.17. The molecule has 9 nitrogen and oxygen atoms in total. The van der Waals surface area contributed by atoms with E-state index in [9.17, 15) is 9.18 Å². The highest BCUT2D eigenvalue weighted by Gasteiger charge is 2.36. The molecule has 12 heteroatoms. The Morgan fingerprint density at radius 3 is 2.53 bits per heavy atom. The van der Waals surface area contributed by atoms with Gasteiger partial charge in [0.2, 0.25) is 0 Å². The quantitative estimate of drug-likeness (QED) is 0.111. The molecule has 234 valence electrons. The Labute approximate surface area is 261 Å². The van der Waals surface area contributed by atoms with Crippen molar-refractivity contribution in [3.05, 3.63) is 64.5 Å². The van der Waals surface area contributed by atoms with Gasteiger partial charge < -0.3 is 35.0 Å². The number of aldehydes is 1. The van der Waals surface area contributed by atoms with Gasteiger partial charge in [-0.05, 0) is 61.8 Å². The lowest BCUT2D eigenvalue weighted by molar-refractivity contribution is -0.107. The predicted octanol–water partition coefficient (Wildman–Crippen LogP) is 5.43. The van der Waals surface area contributed by atoms with Crippen LogP contribution in [0.1, 0.15) is 37.8 Å². The molecule has 1 aliphatic carbocycles. The van der Waals surface area contributed by atoms with Crippen LogP contribution in [0.3, 0.4) is 0 Å². The summed E-state index contributed by atoms with van der Waals surface area (Å²) in [6.07, 6.45) is 7.35. The summed E-state index contributed by atoms with van der Waals surface area (Å²) in [6.45, 7) is 5.17. The minimum Gasteiger partial charge on any atom is -0.487 e. The van der Waals surface area contributed by atoms with Crippen molar-refractivity contribution in [3.8, 4) is 5.75 Å². The maximum atomic E-state index is 14.5. The maximum absolute atomic E-state index is 14.5. The van der Waals surface area contributed by atoms with Gasteiger partial charge in [0.05, 0.1) is 37.6 Å². The van der Waals surface area contributed by atoms with E-state index in [4.69, 9.17) is 30.8 Å². The molecule has 0 spiro atoms. The van der Waals surface area contributed by atoms with Gasteiger partial charge >= 0.3 is 0 Å². The van der Waals surface area contributed by atoms with E-state index in [1.807, 2.05) is 17.5 Å². The Morgan fingerprint density at radius 1 is 1.02 bits per heavy atom. The van der Waals surface area contributed by atoms with E-state index in [0.29, 0.717) is 39.4 Å². The van der Waals surface area contributed by atoms with Crippen LogP contribution in [0, 0.1) is 11.2 Å². The molecule has 0 saturated heterocycles. The molecule has 1 aliphatic rings. The predicted molar refractivity (Wildman–Crippen MR) is 168 cm³/mol. The van der Waals surface area contributed by atoms with E-state index < -0.39 is 5.82 Å². The standard InChI is InChI=1S/C31H41ClFN5O4S/c32-26-5-2-6-27(29(26)33)42-25-8-10-31(11-9-25,22-24-4-1-7-28(37-24)38-30-36-15-21-43-30)23-35-14-18-41-20-19-40-17-13-34-12-3-16-39/h1-2,4-7,15-16,21,25,34-35H,3,8-14,17-20,22-23H2,(H,36,37,38). The van der Waals surface area contributed by atoms with Crippen molar-refractivity contribution in [2.45, 2.75) is 44.6 Å². The number of rotatable bonds is 20. The van der Waals surface area contributed by atoms with Crippen LogP contribution in [0.4, 0.5) is 15.3 Å². The minimum absolute atomic E-state index is 0.0283. The first kappa shape index (κ1) is 33.2. The van der Waals surface area contributed by atoms with Crippen LogP contribution in [0.15, 0.2) is 48.0 Å². The van der Waals surface area contributed by atoms with Crippen LogP contribution < -0.4 is 20.7 Å². The van der Waals surface area contributed by atoms with Crippen LogP contribution >= 0.6 is 22.9 Å². The number of hydrogen-bond donors (Lipinski definition) is 3. The summed E-state index contributed by atoms with van der Waals surface area (Å²) in [7, 11) is 0. The average molecular weight is 634 g/mol. The lowest BCUT2D eigenvalue weighted by Gasteiger charge is -2.40. The number of nitrogens with one attached hydrogen (secondary N) is 3. The monoisotopic (exact) mass is 633 g/mol. The molecule has 2 heterocycles. The van der Waals surface area contributed by atoms with Crippen molar-refractivity contribution >= 4 is 40.2 Å². The summed E-state index contributed by atoms with van der Waals surface area (Å²) < 4.78 is 31.8. The molecule has 0 amide bonds. The Balaban J connectivity index is 1.26. The third-order valence-electron chi connectivity index (χ3n) is 7.39. The summed E-state index contributed by atoms with van der Waals surface area (Å²) in [5.74, 6) is 0.477. The minimum atomic E-state index is -0.506. The highest BCUT2D eigenvalue weighted by Crippen LogP contribution is 2.40. The number of pyridine rings is 1. The summed E-state index contributed by atoms with van der Waals surface area (Å²) in [5.41, 5.74) is 0.983. The first-order chi connectivity index (χ1) is 21.1. The Bertz CT molecular complexity index is 1230. The van der Waals surface area contributed by atoms with Crippen molar-refractivity contribution < 1.29 is 23.4 Å². The number of hydrogen-bond acceptors (Lipinski definition) is 10. The second-order valence-electron chi connectivity index (χ2n) is 10.6. The molecule has 43 heavy (non-hydrogen) atoms. The molecule has 2 aromatic heterocycles. The summed E-state index contributed by atoms with van der Waals surface area (Å²) in [4.78, 5) is 19.5. The molecule has 0 unspecified atom stereocenters. The topological polar surface area (TPSA) is 107 Å². The zero-order valence-electron chi connectivity index (χ0n) is 24.4. The number of nitrogens with zero attached hydrogens (tertiary/aromatic N) is 2. The largest absolute Gasteiger partial charge is 0.487 e. The van der Waals surface area contributed by atoms with Crippen LogP contribution in [-0.4, -0.2) is 75.0 Å². The van der Waals surface area contributed by atoms with Gasteiger partial charge in [0.15, 0.2) is 16.7 Å². The molecule has 1 aromatic carbocycles. The third kappa shape index (κ3) is 11.4. The molecule has 3 N–H and O–H groups in total. The molecule has 4 rings (SSSR count). The molecular weight excluding hydrogens is 593 g/mol. The normalized spacial score (nSPS) is 18.4. The summed E-state index contributed by atoms with van der Waals surface area (Å²) in [5, 5.41) is 12.8. The summed E-state index contributed by atoms with van der Waals surface area (Å²) in [6, 6.07) is 10.9. The van der Waals surface area contributed by atoms with Crippen LogP contribution in [0.5, 0.6) is 5.75 Å². The highest BCUT2D eigenvalue weighted by atomic mass is 35.5. The van der Waals surface area contributed by atoms with Gasteiger partial charge in [-0.3, -0.25) is 0 Å².